The van der Waals surface area contributed by atoms with Crippen LogP contribution in [0, 0.1) is 0 Å². The maximum atomic E-state index is 7.00. The largest absolute Gasteiger partial charge is 0.400 e. The van der Waals surface area contributed by atoms with E-state index in [0.29, 0.717) is 6.79 Å². The molecule has 7 heavy (non-hydrogen) atoms. The van der Waals surface area contributed by atoms with Gasteiger partial charge in [0.1, 0.15) is 6.79 Å². The quantitative estimate of drug-likeness (QED) is 0.500. The Morgan fingerprint density at radius 1 is 1.14 bits per heavy atom. The van der Waals surface area contributed by atoms with Crippen LogP contribution >= 0.6 is 0 Å². The first-order chi connectivity index (χ1) is 3.41. The summed E-state index contributed by atoms with van der Waals surface area (Å²) in [6.45, 7) is 0.389. The summed E-state index contributed by atoms with van der Waals surface area (Å²) in [5, 5.41) is 7.00. The minimum Gasteiger partial charge on any atom is -0.400 e. The summed E-state index contributed by atoms with van der Waals surface area (Å²) in [5.74, 6) is 0. The summed E-state index contributed by atoms with van der Waals surface area (Å²) < 4.78 is 8.94. The highest BCUT2D eigenvalue weighted by Gasteiger charge is 1.63. The maximum Gasteiger partial charge on any atom is 0.145 e. The van der Waals surface area contributed by atoms with Gasteiger partial charge in [0.25, 0.3) is 0 Å². The Hall–Kier alpha value is -0.120. The van der Waals surface area contributed by atoms with Crippen molar-refractivity contribution in [1.29, 1.82) is 0 Å². The molecule has 0 atom stereocenters. The van der Waals surface area contributed by atoms with Gasteiger partial charge in [0, 0.05) is 21.3 Å². The highest BCUT2D eigenvalue weighted by molar-refractivity contribution is 3.84. The predicted molar refractivity (Wildman–Crippen MR) is 27.0 cm³/mol. The molecule has 0 bridgehead atoms. The molecule has 46 valence electrons. The van der Waals surface area contributed by atoms with Crippen molar-refractivity contribution in [1.82, 2.24) is 0 Å². The molecule has 0 aliphatic rings. The van der Waals surface area contributed by atoms with E-state index in [1.165, 1.54) is 0 Å². The Morgan fingerprint density at radius 2 is 1.43 bits per heavy atom. The second-order valence-corrected chi connectivity index (χ2v) is 0.695. The number of methoxy groups -OCH3 is 2. The third-order valence-corrected chi connectivity index (χ3v) is 0.236. The zero-order valence-electron chi connectivity index (χ0n) is 4.97. The normalized spacial score (nSPS) is 6.86. The molecular formula is C4H12O3. The minimum absolute atomic E-state index is 0.389. The second kappa shape index (κ2) is 16.9. The summed E-state index contributed by atoms with van der Waals surface area (Å²) in [5.41, 5.74) is 0. The lowest BCUT2D eigenvalue weighted by Gasteiger charge is -1.87. The third-order valence-electron chi connectivity index (χ3n) is 0.236. The lowest BCUT2D eigenvalue weighted by Crippen LogP contribution is -1.87. The molecule has 3 nitrogen and oxygen atoms in total. The zero-order chi connectivity index (χ0) is 6.12. The number of hydrogen-bond acceptors (Lipinski definition) is 3. The molecule has 0 radical (unpaired) electrons. The van der Waals surface area contributed by atoms with Crippen LogP contribution in [0.15, 0.2) is 0 Å². The van der Waals surface area contributed by atoms with Gasteiger partial charge < -0.3 is 14.6 Å². The van der Waals surface area contributed by atoms with Gasteiger partial charge in [-0.05, 0) is 0 Å². The van der Waals surface area contributed by atoms with E-state index in [2.05, 4.69) is 9.47 Å². The van der Waals surface area contributed by atoms with E-state index in [9.17, 15) is 0 Å². The smallest absolute Gasteiger partial charge is 0.145 e. The molecule has 0 fully saturated rings. The van der Waals surface area contributed by atoms with Gasteiger partial charge in [0.2, 0.25) is 0 Å². The molecule has 0 aromatic carbocycles. The van der Waals surface area contributed by atoms with E-state index in [1.807, 2.05) is 0 Å². The Morgan fingerprint density at radius 3 is 1.43 bits per heavy atom. The highest BCUT2D eigenvalue weighted by atomic mass is 16.6. The molecule has 0 rings (SSSR count). The molecule has 0 aromatic rings. The van der Waals surface area contributed by atoms with Gasteiger partial charge in [-0.15, -0.1) is 0 Å². The SMILES string of the molecule is CO.COCOC. The standard InChI is InChI=1S/C3H8O2.CH4O/c1-4-3-5-2;1-2/h3H2,1-2H3;2H,1H3. The number of rotatable bonds is 2. The van der Waals surface area contributed by atoms with Crippen molar-refractivity contribution in [3.05, 3.63) is 0 Å². The van der Waals surface area contributed by atoms with Crippen LogP contribution in [-0.2, 0) is 9.47 Å². The van der Waals surface area contributed by atoms with Crippen LogP contribution in [0.1, 0.15) is 0 Å². The molecule has 0 saturated carbocycles. The lowest BCUT2D eigenvalue weighted by atomic mass is 11.4. The minimum atomic E-state index is 0.389. The van der Waals surface area contributed by atoms with Crippen LogP contribution < -0.4 is 0 Å². The van der Waals surface area contributed by atoms with Crippen LogP contribution in [0.2, 0.25) is 0 Å². The van der Waals surface area contributed by atoms with Crippen molar-refractivity contribution >= 4 is 0 Å². The average molecular weight is 108 g/mol. The van der Waals surface area contributed by atoms with Crippen molar-refractivity contribution in [3.8, 4) is 0 Å². The number of ether oxygens (including phenoxy) is 2. The molecule has 3 heteroatoms. The fourth-order valence-electron chi connectivity index (χ4n) is 0.118. The van der Waals surface area contributed by atoms with Crippen molar-refractivity contribution in [2.45, 2.75) is 0 Å². The van der Waals surface area contributed by atoms with Crippen LogP contribution in [0.4, 0.5) is 0 Å². The number of aliphatic hydroxyl groups excluding tert-OH is 1. The fraction of sp³-hybridized carbons (Fsp3) is 1.00. The van der Waals surface area contributed by atoms with E-state index < -0.39 is 0 Å². The second-order valence-electron chi connectivity index (χ2n) is 0.695. The molecular weight excluding hydrogens is 96.0 g/mol. The average Bonchev–Trinajstić information content (AvgIpc) is 1.75. The first-order valence-electron chi connectivity index (χ1n) is 1.84. The molecule has 0 saturated heterocycles. The van der Waals surface area contributed by atoms with Gasteiger partial charge in [-0.1, -0.05) is 0 Å². The first-order valence-corrected chi connectivity index (χ1v) is 1.84. The third kappa shape index (κ3) is 25.0. The summed E-state index contributed by atoms with van der Waals surface area (Å²) in [6.07, 6.45) is 0. The van der Waals surface area contributed by atoms with Crippen molar-refractivity contribution in [2.75, 3.05) is 28.1 Å². The molecule has 0 aliphatic heterocycles. The Bertz CT molecular complexity index is 14.4. The lowest BCUT2D eigenvalue weighted by molar-refractivity contribution is -0.00271. The van der Waals surface area contributed by atoms with Crippen molar-refractivity contribution < 1.29 is 14.6 Å². The van der Waals surface area contributed by atoms with E-state index in [-0.39, 0.29) is 0 Å². The van der Waals surface area contributed by atoms with Gasteiger partial charge >= 0.3 is 0 Å². The molecule has 0 heterocycles. The Balaban J connectivity index is 0. The predicted octanol–water partition coefficient (Wildman–Crippen LogP) is -0.155. The summed E-state index contributed by atoms with van der Waals surface area (Å²) in [6, 6.07) is 0. The maximum absolute atomic E-state index is 7.00. The molecule has 0 unspecified atom stereocenters. The monoisotopic (exact) mass is 108 g/mol. The molecule has 0 aromatic heterocycles. The van der Waals surface area contributed by atoms with Gasteiger partial charge in [-0.25, -0.2) is 0 Å². The van der Waals surface area contributed by atoms with Crippen LogP contribution in [0.3, 0.4) is 0 Å². The Labute approximate surface area is 43.9 Å². The van der Waals surface area contributed by atoms with Crippen molar-refractivity contribution in [3.63, 3.8) is 0 Å². The van der Waals surface area contributed by atoms with E-state index in [0.717, 1.165) is 7.11 Å². The molecule has 1 N–H and O–H groups in total. The number of aliphatic hydroxyl groups is 1. The van der Waals surface area contributed by atoms with Gasteiger partial charge in [0.05, 0.1) is 0 Å². The van der Waals surface area contributed by atoms with Gasteiger partial charge in [-0.3, -0.25) is 0 Å². The highest BCUT2D eigenvalue weighted by Crippen LogP contribution is 1.60. The van der Waals surface area contributed by atoms with Crippen LogP contribution in [0.25, 0.3) is 0 Å². The molecule has 0 aliphatic carbocycles. The summed E-state index contributed by atoms with van der Waals surface area (Å²) >= 11 is 0. The van der Waals surface area contributed by atoms with Crippen LogP contribution in [-0.4, -0.2) is 33.2 Å². The molecule has 0 spiro atoms. The Kier molecular flexibility index (Phi) is 24.1. The van der Waals surface area contributed by atoms with Crippen molar-refractivity contribution in [2.24, 2.45) is 0 Å². The summed E-state index contributed by atoms with van der Waals surface area (Å²) in [4.78, 5) is 0. The van der Waals surface area contributed by atoms with E-state index >= 15 is 0 Å². The van der Waals surface area contributed by atoms with E-state index in [4.69, 9.17) is 5.11 Å². The van der Waals surface area contributed by atoms with Gasteiger partial charge in [0.15, 0.2) is 0 Å². The van der Waals surface area contributed by atoms with Gasteiger partial charge in [-0.2, -0.15) is 0 Å². The number of hydrogen-bond donors (Lipinski definition) is 1. The first kappa shape index (κ1) is 9.99. The fourth-order valence-corrected chi connectivity index (χ4v) is 0.118. The topological polar surface area (TPSA) is 38.7 Å². The molecule has 0 amide bonds. The van der Waals surface area contributed by atoms with E-state index in [1.54, 1.807) is 14.2 Å². The zero-order valence-corrected chi connectivity index (χ0v) is 4.97. The summed E-state index contributed by atoms with van der Waals surface area (Å²) in [7, 11) is 4.17. The van der Waals surface area contributed by atoms with Crippen LogP contribution in [0.5, 0.6) is 0 Å².